The van der Waals surface area contributed by atoms with Gasteiger partial charge in [0.05, 0.1) is 13.7 Å². The fourth-order valence-corrected chi connectivity index (χ4v) is 1.96. The molecule has 0 atom stereocenters. The van der Waals surface area contributed by atoms with E-state index in [-0.39, 0.29) is 6.03 Å². The molecule has 6 nitrogen and oxygen atoms in total. The van der Waals surface area contributed by atoms with Crippen LogP contribution in [0.2, 0.25) is 0 Å². The highest BCUT2D eigenvalue weighted by Crippen LogP contribution is 2.11. The van der Waals surface area contributed by atoms with Crippen molar-refractivity contribution in [3.63, 3.8) is 0 Å². The third-order valence-electron chi connectivity index (χ3n) is 3.11. The van der Waals surface area contributed by atoms with Crippen LogP contribution in [-0.4, -0.2) is 31.3 Å². The molecule has 0 saturated heterocycles. The van der Waals surface area contributed by atoms with Crippen molar-refractivity contribution in [2.45, 2.75) is 13.5 Å². The van der Waals surface area contributed by atoms with E-state index in [1.807, 2.05) is 37.3 Å². The zero-order valence-corrected chi connectivity index (χ0v) is 13.3. The number of nitrogens with zero attached hydrogens (tertiary/aromatic N) is 1. The average Bonchev–Trinajstić information content (AvgIpc) is 2.57. The van der Waals surface area contributed by atoms with Crippen LogP contribution < -0.4 is 20.1 Å². The number of hydrogen-bond acceptors (Lipinski definition) is 4. The van der Waals surface area contributed by atoms with E-state index in [0.717, 1.165) is 16.9 Å². The van der Waals surface area contributed by atoms with Crippen LogP contribution in [0.4, 0.5) is 4.79 Å². The molecule has 1 aromatic carbocycles. The zero-order valence-electron chi connectivity index (χ0n) is 13.3. The molecule has 2 rings (SSSR count). The van der Waals surface area contributed by atoms with Gasteiger partial charge in [0.25, 0.3) is 0 Å². The van der Waals surface area contributed by atoms with E-state index >= 15 is 0 Å². The maximum atomic E-state index is 11.7. The number of benzene rings is 1. The Labute approximate surface area is 135 Å². The SMILES string of the molecule is COc1cc(CNC(=O)NCCOc2cccc(C)c2)ccn1. The van der Waals surface area contributed by atoms with Gasteiger partial charge in [0.15, 0.2) is 0 Å². The normalized spacial score (nSPS) is 10.0. The highest BCUT2D eigenvalue weighted by Gasteiger charge is 2.02. The van der Waals surface area contributed by atoms with Crippen molar-refractivity contribution in [3.8, 4) is 11.6 Å². The van der Waals surface area contributed by atoms with Crippen LogP contribution >= 0.6 is 0 Å². The Morgan fingerprint density at radius 3 is 2.87 bits per heavy atom. The van der Waals surface area contributed by atoms with Crippen LogP contribution in [0.5, 0.6) is 11.6 Å². The molecular weight excluding hydrogens is 294 g/mol. The first-order valence-corrected chi connectivity index (χ1v) is 7.37. The summed E-state index contributed by atoms with van der Waals surface area (Å²) >= 11 is 0. The predicted octanol–water partition coefficient (Wildman–Crippen LogP) is 2.28. The minimum absolute atomic E-state index is 0.242. The van der Waals surface area contributed by atoms with Gasteiger partial charge in [-0.25, -0.2) is 9.78 Å². The van der Waals surface area contributed by atoms with Crippen molar-refractivity contribution < 1.29 is 14.3 Å². The number of pyridine rings is 1. The summed E-state index contributed by atoms with van der Waals surface area (Å²) in [6.45, 7) is 3.26. The Morgan fingerprint density at radius 2 is 2.09 bits per heavy atom. The number of nitrogens with one attached hydrogen (secondary N) is 2. The molecular formula is C17H21N3O3. The lowest BCUT2D eigenvalue weighted by Gasteiger charge is -2.10. The summed E-state index contributed by atoms with van der Waals surface area (Å²) in [6, 6.07) is 11.2. The molecule has 0 radical (unpaired) electrons. The van der Waals surface area contributed by atoms with Gasteiger partial charge >= 0.3 is 6.03 Å². The van der Waals surface area contributed by atoms with Gasteiger partial charge in [0.1, 0.15) is 12.4 Å². The van der Waals surface area contributed by atoms with Gasteiger partial charge in [0, 0.05) is 18.8 Å². The topological polar surface area (TPSA) is 72.5 Å². The second-order valence-corrected chi connectivity index (χ2v) is 4.98. The fourth-order valence-electron chi connectivity index (χ4n) is 1.96. The van der Waals surface area contributed by atoms with E-state index in [2.05, 4.69) is 15.6 Å². The number of hydrogen-bond donors (Lipinski definition) is 2. The van der Waals surface area contributed by atoms with E-state index in [9.17, 15) is 4.79 Å². The molecule has 122 valence electrons. The summed E-state index contributed by atoms with van der Waals surface area (Å²) in [7, 11) is 1.56. The van der Waals surface area contributed by atoms with Crippen molar-refractivity contribution in [1.82, 2.24) is 15.6 Å². The van der Waals surface area contributed by atoms with Crippen LogP contribution in [0.1, 0.15) is 11.1 Å². The minimum Gasteiger partial charge on any atom is -0.492 e. The number of methoxy groups -OCH3 is 1. The molecule has 0 bridgehead atoms. The molecule has 1 heterocycles. The zero-order chi connectivity index (χ0) is 16.5. The lowest BCUT2D eigenvalue weighted by molar-refractivity contribution is 0.236. The maximum absolute atomic E-state index is 11.7. The number of aryl methyl sites for hydroxylation is 1. The van der Waals surface area contributed by atoms with Gasteiger partial charge in [-0.15, -0.1) is 0 Å². The summed E-state index contributed by atoms with van der Waals surface area (Å²) in [6.07, 6.45) is 1.64. The minimum atomic E-state index is -0.242. The van der Waals surface area contributed by atoms with Crippen LogP contribution in [0.25, 0.3) is 0 Å². The van der Waals surface area contributed by atoms with Crippen LogP contribution in [0.3, 0.4) is 0 Å². The number of aromatic nitrogens is 1. The number of urea groups is 1. The van der Waals surface area contributed by atoms with Crippen LogP contribution in [0, 0.1) is 6.92 Å². The van der Waals surface area contributed by atoms with Crippen molar-refractivity contribution in [2.75, 3.05) is 20.3 Å². The number of amides is 2. The van der Waals surface area contributed by atoms with Crippen molar-refractivity contribution in [1.29, 1.82) is 0 Å². The Kier molecular flexibility index (Phi) is 6.23. The van der Waals surface area contributed by atoms with Gasteiger partial charge in [0.2, 0.25) is 5.88 Å². The summed E-state index contributed by atoms with van der Waals surface area (Å²) in [5.41, 5.74) is 2.06. The van der Waals surface area contributed by atoms with E-state index in [4.69, 9.17) is 9.47 Å². The number of rotatable bonds is 7. The van der Waals surface area contributed by atoms with Crippen molar-refractivity contribution >= 4 is 6.03 Å². The molecule has 0 unspecified atom stereocenters. The summed E-state index contributed by atoms with van der Waals surface area (Å²) in [4.78, 5) is 15.7. The molecule has 2 amide bonds. The number of carbonyl (C=O) groups excluding carboxylic acids is 1. The lowest BCUT2D eigenvalue weighted by atomic mass is 10.2. The van der Waals surface area contributed by atoms with Gasteiger partial charge in [-0.2, -0.15) is 0 Å². The fraction of sp³-hybridized carbons (Fsp3) is 0.294. The average molecular weight is 315 g/mol. The van der Waals surface area contributed by atoms with Crippen molar-refractivity contribution in [3.05, 3.63) is 53.7 Å². The smallest absolute Gasteiger partial charge is 0.315 e. The van der Waals surface area contributed by atoms with Gasteiger partial charge in [-0.05, 0) is 36.2 Å². The van der Waals surface area contributed by atoms with Crippen LogP contribution in [0.15, 0.2) is 42.6 Å². The number of carbonyl (C=O) groups is 1. The van der Waals surface area contributed by atoms with E-state index in [1.54, 1.807) is 19.4 Å². The highest BCUT2D eigenvalue weighted by atomic mass is 16.5. The molecule has 0 saturated carbocycles. The maximum Gasteiger partial charge on any atom is 0.315 e. The standard InChI is InChI=1S/C17H21N3O3/c1-13-4-3-5-15(10-13)23-9-8-19-17(21)20-12-14-6-7-18-16(11-14)22-2/h3-7,10-11H,8-9,12H2,1-2H3,(H2,19,20,21). The molecule has 0 aliphatic rings. The molecule has 0 fully saturated rings. The van der Waals surface area contributed by atoms with Crippen LogP contribution in [-0.2, 0) is 6.54 Å². The summed E-state index contributed by atoms with van der Waals surface area (Å²) < 4.78 is 10.6. The van der Waals surface area contributed by atoms with Gasteiger partial charge < -0.3 is 20.1 Å². The third kappa shape index (κ3) is 5.86. The Hall–Kier alpha value is -2.76. The lowest BCUT2D eigenvalue weighted by Crippen LogP contribution is -2.37. The first kappa shape index (κ1) is 16.6. The monoisotopic (exact) mass is 315 g/mol. The quantitative estimate of drug-likeness (QED) is 0.769. The summed E-state index contributed by atoms with van der Waals surface area (Å²) in [5, 5.41) is 5.51. The second kappa shape index (κ2) is 8.63. The molecule has 6 heteroatoms. The molecule has 0 aliphatic carbocycles. The van der Waals surface area contributed by atoms with E-state index in [1.165, 1.54) is 0 Å². The van der Waals surface area contributed by atoms with Crippen molar-refractivity contribution in [2.24, 2.45) is 0 Å². The van der Waals surface area contributed by atoms with E-state index < -0.39 is 0 Å². The molecule has 0 spiro atoms. The first-order valence-electron chi connectivity index (χ1n) is 7.37. The van der Waals surface area contributed by atoms with E-state index in [0.29, 0.717) is 25.6 Å². The Balaban J connectivity index is 1.65. The number of ether oxygens (including phenoxy) is 2. The second-order valence-electron chi connectivity index (χ2n) is 4.98. The molecule has 23 heavy (non-hydrogen) atoms. The molecule has 2 N–H and O–H groups in total. The Morgan fingerprint density at radius 1 is 1.22 bits per heavy atom. The largest absolute Gasteiger partial charge is 0.492 e. The van der Waals surface area contributed by atoms with Gasteiger partial charge in [-0.3, -0.25) is 0 Å². The van der Waals surface area contributed by atoms with Gasteiger partial charge in [-0.1, -0.05) is 12.1 Å². The molecule has 1 aromatic heterocycles. The first-order chi connectivity index (χ1) is 11.2. The molecule has 0 aliphatic heterocycles. The Bertz CT molecular complexity index is 646. The predicted molar refractivity (Wildman–Crippen MR) is 87.7 cm³/mol. The molecule has 2 aromatic rings. The summed E-state index contributed by atoms with van der Waals surface area (Å²) in [5.74, 6) is 1.33. The highest BCUT2D eigenvalue weighted by molar-refractivity contribution is 5.73. The third-order valence-corrected chi connectivity index (χ3v) is 3.11.